The topological polar surface area (TPSA) is 101 Å². The zero-order valence-corrected chi connectivity index (χ0v) is 21.9. The summed E-state index contributed by atoms with van der Waals surface area (Å²) in [5.41, 5.74) is 0.928. The number of hydrogen-bond donors (Lipinski definition) is 0. The molecule has 0 saturated carbocycles. The van der Waals surface area contributed by atoms with Crippen LogP contribution in [0.15, 0.2) is 117 Å². The first-order chi connectivity index (χ1) is 17.3. The van der Waals surface area contributed by atoms with E-state index in [0.29, 0.717) is 6.61 Å². The van der Waals surface area contributed by atoms with Crippen LogP contribution in [0.5, 0.6) is 5.75 Å². The molecule has 0 aliphatic rings. The fourth-order valence-electron chi connectivity index (χ4n) is 3.16. The van der Waals surface area contributed by atoms with Gasteiger partial charge in [0.25, 0.3) is 0 Å². The standard InChI is InChI=1S/C20H21N2O2S.C7H8O3S/c1-3-23-16(2)24-17-8-10-18(11-9-17)25(19-6-4-12-21-14-19)20-7-5-13-22-15-20;1-6-2-4-7(5-3-6)11(8,9)10/h4-16H,3H2,1-2H3;2-5H,1H3,(H,8,9,10)/q+1;/p-1. The molecule has 0 amide bonds. The molecule has 0 aliphatic heterocycles. The summed E-state index contributed by atoms with van der Waals surface area (Å²) >= 11 is 0. The number of rotatable bonds is 8. The number of benzene rings is 2. The van der Waals surface area contributed by atoms with E-state index >= 15 is 0 Å². The van der Waals surface area contributed by atoms with Gasteiger partial charge < -0.3 is 14.0 Å². The molecule has 1 atom stereocenters. The molecular weight excluding hydrogens is 496 g/mol. The minimum atomic E-state index is -4.27. The van der Waals surface area contributed by atoms with E-state index in [4.69, 9.17) is 9.47 Å². The molecule has 0 aliphatic carbocycles. The summed E-state index contributed by atoms with van der Waals surface area (Å²) < 4.78 is 42.3. The lowest BCUT2D eigenvalue weighted by Gasteiger charge is -2.14. The minimum Gasteiger partial charge on any atom is -0.744 e. The average molecular weight is 525 g/mol. The van der Waals surface area contributed by atoms with Crippen LogP contribution in [-0.4, -0.2) is 35.8 Å². The third-order valence-electron chi connectivity index (χ3n) is 4.81. The number of pyridine rings is 2. The van der Waals surface area contributed by atoms with E-state index in [0.717, 1.165) is 21.1 Å². The highest BCUT2D eigenvalue weighted by Crippen LogP contribution is 2.31. The van der Waals surface area contributed by atoms with Gasteiger partial charge in [0.1, 0.15) is 26.8 Å². The Morgan fingerprint density at radius 3 is 1.86 bits per heavy atom. The van der Waals surface area contributed by atoms with E-state index in [-0.39, 0.29) is 22.1 Å². The summed E-state index contributed by atoms with van der Waals surface area (Å²) in [6.07, 6.45) is 7.15. The molecule has 2 heterocycles. The first-order valence-electron chi connectivity index (χ1n) is 11.2. The number of ether oxygens (including phenoxy) is 2. The molecule has 0 fully saturated rings. The molecule has 4 rings (SSSR count). The van der Waals surface area contributed by atoms with Crippen molar-refractivity contribution in [3.63, 3.8) is 0 Å². The van der Waals surface area contributed by atoms with Crippen LogP contribution in [0.25, 0.3) is 0 Å². The number of aromatic nitrogens is 2. The van der Waals surface area contributed by atoms with Crippen LogP contribution >= 0.6 is 0 Å². The van der Waals surface area contributed by atoms with Crippen LogP contribution in [0.2, 0.25) is 0 Å². The van der Waals surface area contributed by atoms with Gasteiger partial charge in [-0.05, 0) is 81.4 Å². The second-order valence-electron chi connectivity index (χ2n) is 7.56. The van der Waals surface area contributed by atoms with Crippen LogP contribution in [0.4, 0.5) is 0 Å². The second-order valence-corrected chi connectivity index (χ2v) is 11.0. The molecule has 1 unspecified atom stereocenters. The van der Waals surface area contributed by atoms with Gasteiger partial charge >= 0.3 is 0 Å². The Labute approximate surface area is 215 Å². The smallest absolute Gasteiger partial charge is 0.196 e. The lowest BCUT2D eigenvalue weighted by Crippen LogP contribution is -2.16. The Balaban J connectivity index is 0.000000275. The number of hydrogen-bond acceptors (Lipinski definition) is 7. The van der Waals surface area contributed by atoms with Crippen molar-refractivity contribution < 1.29 is 22.4 Å². The predicted molar refractivity (Wildman–Crippen MR) is 138 cm³/mol. The molecule has 188 valence electrons. The third-order valence-corrected chi connectivity index (χ3v) is 7.83. The van der Waals surface area contributed by atoms with Gasteiger partial charge in [-0.25, -0.2) is 8.42 Å². The van der Waals surface area contributed by atoms with Crippen molar-refractivity contribution in [3.05, 3.63) is 103 Å². The van der Waals surface area contributed by atoms with Gasteiger partial charge in [0.05, 0.1) is 17.3 Å². The van der Waals surface area contributed by atoms with Crippen molar-refractivity contribution in [2.75, 3.05) is 6.61 Å². The van der Waals surface area contributed by atoms with Crippen molar-refractivity contribution in [2.45, 2.75) is 46.6 Å². The molecule has 0 saturated heterocycles. The monoisotopic (exact) mass is 524 g/mol. The Kier molecular flexibility index (Phi) is 10.0. The number of nitrogens with zero attached hydrogens (tertiary/aromatic N) is 2. The highest BCUT2D eigenvalue weighted by Gasteiger charge is 2.29. The van der Waals surface area contributed by atoms with Crippen molar-refractivity contribution in [2.24, 2.45) is 0 Å². The van der Waals surface area contributed by atoms with Crippen LogP contribution in [0.1, 0.15) is 19.4 Å². The minimum absolute atomic E-state index is 0.178. The van der Waals surface area contributed by atoms with E-state index < -0.39 is 10.1 Å². The molecule has 7 nitrogen and oxygen atoms in total. The Bertz CT molecular complexity index is 1260. The van der Waals surface area contributed by atoms with Gasteiger partial charge in [0.15, 0.2) is 21.0 Å². The van der Waals surface area contributed by atoms with Crippen molar-refractivity contribution in [3.8, 4) is 5.75 Å². The summed E-state index contributed by atoms with van der Waals surface area (Å²) in [7, 11) is -4.52. The Morgan fingerprint density at radius 2 is 1.42 bits per heavy atom. The SMILES string of the molecule is CCOC(C)Oc1ccc([S+](c2cccnc2)c2cccnc2)cc1.Cc1ccc(S(=O)(=O)[O-])cc1. The van der Waals surface area contributed by atoms with Gasteiger partial charge in [0.2, 0.25) is 0 Å². The van der Waals surface area contributed by atoms with E-state index in [1.807, 2.05) is 57.4 Å². The van der Waals surface area contributed by atoms with E-state index in [1.54, 1.807) is 24.5 Å². The molecule has 0 N–H and O–H groups in total. The highest BCUT2D eigenvalue weighted by molar-refractivity contribution is 7.97. The fourth-order valence-corrected chi connectivity index (χ4v) is 5.62. The summed E-state index contributed by atoms with van der Waals surface area (Å²) in [6.45, 7) is 6.30. The molecule has 0 bridgehead atoms. The molecule has 0 radical (unpaired) electrons. The van der Waals surface area contributed by atoms with E-state index in [2.05, 4.69) is 34.2 Å². The molecule has 36 heavy (non-hydrogen) atoms. The lowest BCUT2D eigenvalue weighted by molar-refractivity contribution is -0.0613. The van der Waals surface area contributed by atoms with Crippen LogP contribution in [0, 0.1) is 6.92 Å². The fraction of sp³-hybridized carbons (Fsp3) is 0.185. The first-order valence-corrected chi connectivity index (χ1v) is 13.9. The highest BCUT2D eigenvalue weighted by atomic mass is 32.2. The number of aryl methyl sites for hydroxylation is 1. The van der Waals surface area contributed by atoms with E-state index in [9.17, 15) is 13.0 Å². The summed E-state index contributed by atoms with van der Waals surface area (Å²) in [5.74, 6) is 0.797. The summed E-state index contributed by atoms with van der Waals surface area (Å²) in [5, 5.41) is 0. The van der Waals surface area contributed by atoms with Crippen molar-refractivity contribution in [1.29, 1.82) is 0 Å². The Hall–Kier alpha value is -3.24. The maximum Gasteiger partial charge on any atom is 0.196 e. The van der Waals surface area contributed by atoms with Gasteiger partial charge in [-0.3, -0.25) is 9.97 Å². The van der Waals surface area contributed by atoms with Crippen molar-refractivity contribution >= 4 is 21.0 Å². The van der Waals surface area contributed by atoms with Crippen molar-refractivity contribution in [1.82, 2.24) is 9.97 Å². The maximum atomic E-state index is 10.4. The average Bonchev–Trinajstić information content (AvgIpc) is 2.87. The third kappa shape index (κ3) is 8.17. The quantitative estimate of drug-likeness (QED) is 0.177. The lowest BCUT2D eigenvalue weighted by atomic mass is 10.2. The largest absolute Gasteiger partial charge is 0.744 e. The summed E-state index contributed by atoms with van der Waals surface area (Å²) in [6, 6.07) is 22.1. The van der Waals surface area contributed by atoms with E-state index in [1.165, 1.54) is 17.0 Å². The molecule has 9 heteroatoms. The van der Waals surface area contributed by atoms with Gasteiger partial charge in [-0.15, -0.1) is 0 Å². The maximum absolute atomic E-state index is 10.4. The molecule has 4 aromatic rings. The summed E-state index contributed by atoms with van der Waals surface area (Å²) in [4.78, 5) is 11.9. The molecular formula is C27H28N2O5S2. The zero-order valence-electron chi connectivity index (χ0n) is 20.3. The molecule has 0 spiro atoms. The molecule has 2 aromatic carbocycles. The van der Waals surface area contributed by atoms with Crippen LogP contribution in [0.3, 0.4) is 0 Å². The van der Waals surface area contributed by atoms with Crippen LogP contribution in [-0.2, 0) is 25.7 Å². The Morgan fingerprint density at radius 1 is 0.861 bits per heavy atom. The van der Waals surface area contributed by atoms with Gasteiger partial charge in [-0.1, -0.05) is 17.7 Å². The second kappa shape index (κ2) is 13.2. The normalized spacial score (nSPS) is 11.9. The van der Waals surface area contributed by atoms with Crippen LogP contribution < -0.4 is 4.74 Å². The zero-order chi connectivity index (χ0) is 26.0. The van der Waals surface area contributed by atoms with Gasteiger partial charge in [-0.2, -0.15) is 0 Å². The molecule has 2 aromatic heterocycles. The first kappa shape index (κ1) is 27.3. The predicted octanol–water partition coefficient (Wildman–Crippen LogP) is 5.23. The van der Waals surface area contributed by atoms with Gasteiger partial charge in [0, 0.05) is 19.0 Å².